The molecule has 4 nitrogen and oxygen atoms in total. The number of nitrogens with zero attached hydrogens (tertiary/aromatic N) is 1. The number of amides is 1. The van der Waals surface area contributed by atoms with Crippen LogP contribution in [0.15, 0.2) is 24.5 Å². The van der Waals surface area contributed by atoms with E-state index < -0.39 is 0 Å². The zero-order chi connectivity index (χ0) is 10.4. The predicted octanol–water partition coefficient (Wildman–Crippen LogP) is 0.964. The summed E-state index contributed by atoms with van der Waals surface area (Å²) in [6.45, 7) is 0. The summed E-state index contributed by atoms with van der Waals surface area (Å²) in [6, 6.07) is 3.37. The van der Waals surface area contributed by atoms with E-state index in [0.717, 1.165) is 0 Å². The van der Waals surface area contributed by atoms with Crippen LogP contribution in [0.25, 0.3) is 0 Å². The van der Waals surface area contributed by atoms with Crippen molar-refractivity contribution >= 4 is 34.2 Å². The highest BCUT2D eigenvalue weighted by Crippen LogP contribution is 1.95. The molecule has 0 radical (unpaired) electrons. The van der Waals surface area contributed by atoms with E-state index in [4.69, 9.17) is 12.2 Å². The molecule has 0 saturated heterocycles. The van der Waals surface area contributed by atoms with Crippen molar-refractivity contribution in [3.05, 3.63) is 30.1 Å². The highest BCUT2D eigenvalue weighted by atomic mass is 32.2. The minimum atomic E-state index is -0.255. The number of rotatable bonds is 1. The summed E-state index contributed by atoms with van der Waals surface area (Å²) in [7, 11) is 0. The molecule has 2 N–H and O–H groups in total. The number of hydrazine groups is 1. The summed E-state index contributed by atoms with van der Waals surface area (Å²) in [4.78, 5) is 15.2. The molecule has 1 heterocycles. The van der Waals surface area contributed by atoms with Crippen molar-refractivity contribution in [2.24, 2.45) is 0 Å². The second-order valence-corrected chi connectivity index (χ2v) is 3.80. The number of hydrogen-bond donors (Lipinski definition) is 2. The van der Waals surface area contributed by atoms with Crippen LogP contribution in [0.2, 0.25) is 0 Å². The average Bonchev–Trinajstić information content (AvgIpc) is 2.26. The highest BCUT2D eigenvalue weighted by molar-refractivity contribution is 8.22. The molecule has 0 fully saturated rings. The summed E-state index contributed by atoms with van der Waals surface area (Å²) in [5, 5.41) is 0. The molecule has 1 amide bonds. The summed E-state index contributed by atoms with van der Waals surface area (Å²) >= 11 is 6.20. The standard InChI is InChI=1S/C8H9N3OS2/c1-14-8(13)11-10-7(12)6-3-2-4-9-5-6/h2-5H,1H3,(H,10,12)(H,11,13). The van der Waals surface area contributed by atoms with Crippen molar-refractivity contribution in [3.8, 4) is 0 Å². The van der Waals surface area contributed by atoms with Gasteiger partial charge in [0.15, 0.2) is 4.32 Å². The smallest absolute Gasteiger partial charge is 0.271 e. The minimum Gasteiger partial charge on any atom is -0.283 e. The third-order valence-electron chi connectivity index (χ3n) is 1.39. The van der Waals surface area contributed by atoms with Gasteiger partial charge in [0.05, 0.1) is 5.56 Å². The van der Waals surface area contributed by atoms with Crippen LogP contribution in [0.4, 0.5) is 0 Å². The van der Waals surface area contributed by atoms with Crippen molar-refractivity contribution in [1.29, 1.82) is 0 Å². The molecule has 0 aliphatic rings. The predicted molar refractivity (Wildman–Crippen MR) is 61.0 cm³/mol. The maximum absolute atomic E-state index is 11.4. The Morgan fingerprint density at radius 3 is 2.93 bits per heavy atom. The molecule has 1 aromatic rings. The van der Waals surface area contributed by atoms with Crippen LogP contribution in [0.1, 0.15) is 10.4 Å². The van der Waals surface area contributed by atoms with Crippen LogP contribution < -0.4 is 10.9 Å². The SMILES string of the molecule is CSC(=S)NNC(=O)c1cccnc1. The van der Waals surface area contributed by atoms with E-state index in [1.54, 1.807) is 18.3 Å². The first kappa shape index (κ1) is 10.9. The number of nitrogens with one attached hydrogen (secondary N) is 2. The van der Waals surface area contributed by atoms with Gasteiger partial charge in [0.2, 0.25) is 0 Å². The van der Waals surface area contributed by atoms with E-state index in [1.165, 1.54) is 18.0 Å². The Morgan fingerprint density at radius 2 is 2.36 bits per heavy atom. The van der Waals surface area contributed by atoms with Crippen molar-refractivity contribution in [2.75, 3.05) is 6.26 Å². The van der Waals surface area contributed by atoms with Crippen LogP contribution >= 0.6 is 24.0 Å². The molecule has 0 aliphatic heterocycles. The van der Waals surface area contributed by atoms with Gasteiger partial charge < -0.3 is 0 Å². The normalized spacial score (nSPS) is 9.21. The molecule has 0 saturated carbocycles. The molecule has 14 heavy (non-hydrogen) atoms. The third-order valence-corrected chi connectivity index (χ3v) is 2.46. The minimum absolute atomic E-state index is 0.255. The quantitative estimate of drug-likeness (QED) is 0.553. The number of pyridine rings is 1. The van der Waals surface area contributed by atoms with Gasteiger partial charge in [-0.05, 0) is 18.4 Å². The zero-order valence-corrected chi connectivity index (χ0v) is 9.11. The molecule has 1 rings (SSSR count). The molecule has 74 valence electrons. The fourth-order valence-electron chi connectivity index (χ4n) is 0.728. The Morgan fingerprint density at radius 1 is 1.57 bits per heavy atom. The van der Waals surface area contributed by atoms with Crippen LogP contribution in [-0.4, -0.2) is 21.5 Å². The number of carbonyl (C=O) groups is 1. The summed E-state index contributed by atoms with van der Waals surface area (Å²) in [5.41, 5.74) is 5.55. The molecular weight excluding hydrogens is 218 g/mol. The molecule has 0 aromatic carbocycles. The summed E-state index contributed by atoms with van der Waals surface area (Å²) in [6.07, 6.45) is 4.92. The van der Waals surface area contributed by atoms with Gasteiger partial charge in [-0.3, -0.25) is 20.6 Å². The lowest BCUT2D eigenvalue weighted by Gasteiger charge is -2.06. The van der Waals surface area contributed by atoms with Crippen LogP contribution in [-0.2, 0) is 0 Å². The lowest BCUT2D eigenvalue weighted by molar-refractivity contribution is 0.0944. The van der Waals surface area contributed by atoms with E-state index in [1.807, 2.05) is 6.26 Å². The van der Waals surface area contributed by atoms with E-state index in [2.05, 4.69) is 15.8 Å². The number of thioether (sulfide) groups is 1. The first-order chi connectivity index (χ1) is 6.74. The Kier molecular flexibility index (Phi) is 4.34. The topological polar surface area (TPSA) is 54.0 Å². The van der Waals surface area contributed by atoms with Crippen molar-refractivity contribution in [1.82, 2.24) is 15.8 Å². The Bertz CT molecular complexity index is 329. The van der Waals surface area contributed by atoms with Crippen molar-refractivity contribution < 1.29 is 4.79 Å². The molecular formula is C8H9N3OS2. The molecule has 6 heteroatoms. The number of thiocarbonyl (C=S) groups is 1. The van der Waals surface area contributed by atoms with Gasteiger partial charge in [0, 0.05) is 12.4 Å². The van der Waals surface area contributed by atoms with E-state index in [9.17, 15) is 4.79 Å². The molecule has 0 spiro atoms. The van der Waals surface area contributed by atoms with Gasteiger partial charge in [-0.2, -0.15) is 0 Å². The zero-order valence-electron chi connectivity index (χ0n) is 7.48. The molecule has 0 atom stereocenters. The highest BCUT2D eigenvalue weighted by Gasteiger charge is 2.03. The first-order valence-electron chi connectivity index (χ1n) is 3.78. The maximum Gasteiger partial charge on any atom is 0.271 e. The molecule has 0 aliphatic carbocycles. The van der Waals surface area contributed by atoms with E-state index in [-0.39, 0.29) is 5.91 Å². The largest absolute Gasteiger partial charge is 0.283 e. The summed E-state index contributed by atoms with van der Waals surface area (Å²) in [5.74, 6) is -0.255. The van der Waals surface area contributed by atoms with Gasteiger partial charge in [-0.15, -0.1) is 0 Å². The van der Waals surface area contributed by atoms with Crippen LogP contribution in [0.5, 0.6) is 0 Å². The average molecular weight is 227 g/mol. The van der Waals surface area contributed by atoms with Gasteiger partial charge >= 0.3 is 0 Å². The van der Waals surface area contributed by atoms with Gasteiger partial charge in [0.25, 0.3) is 5.91 Å². The Labute approximate surface area is 91.5 Å². The van der Waals surface area contributed by atoms with Crippen molar-refractivity contribution in [2.45, 2.75) is 0 Å². The lowest BCUT2D eigenvalue weighted by atomic mass is 10.3. The number of hydrogen-bond acceptors (Lipinski definition) is 4. The lowest BCUT2D eigenvalue weighted by Crippen LogP contribution is -2.39. The molecule has 1 aromatic heterocycles. The van der Waals surface area contributed by atoms with Gasteiger partial charge in [0.1, 0.15) is 0 Å². The molecule has 0 bridgehead atoms. The fourth-order valence-corrected chi connectivity index (χ4v) is 0.932. The third kappa shape index (κ3) is 3.31. The van der Waals surface area contributed by atoms with Crippen LogP contribution in [0, 0.1) is 0 Å². The van der Waals surface area contributed by atoms with E-state index in [0.29, 0.717) is 9.88 Å². The van der Waals surface area contributed by atoms with Gasteiger partial charge in [-0.25, -0.2) is 0 Å². The maximum atomic E-state index is 11.4. The Balaban J connectivity index is 2.48. The van der Waals surface area contributed by atoms with Crippen LogP contribution in [0.3, 0.4) is 0 Å². The Hall–Kier alpha value is -1.14. The number of aromatic nitrogens is 1. The monoisotopic (exact) mass is 227 g/mol. The second kappa shape index (κ2) is 5.56. The molecule has 0 unspecified atom stereocenters. The fraction of sp³-hybridized carbons (Fsp3) is 0.125. The first-order valence-corrected chi connectivity index (χ1v) is 5.41. The number of carbonyl (C=O) groups excluding carboxylic acids is 1. The van der Waals surface area contributed by atoms with Crippen molar-refractivity contribution in [3.63, 3.8) is 0 Å². The van der Waals surface area contributed by atoms with E-state index >= 15 is 0 Å². The summed E-state index contributed by atoms with van der Waals surface area (Å²) < 4.78 is 0.516. The second-order valence-electron chi connectivity index (χ2n) is 2.31. The van der Waals surface area contributed by atoms with Gasteiger partial charge in [-0.1, -0.05) is 24.0 Å².